The normalized spacial score (nSPS) is 17.3. The summed E-state index contributed by atoms with van der Waals surface area (Å²) in [5, 5.41) is 6.07. The molecule has 1 aliphatic heterocycles. The molecular weight excluding hydrogens is 518 g/mol. The number of rotatable bonds is 9. The van der Waals surface area contributed by atoms with Crippen LogP contribution in [0.5, 0.6) is 0 Å². The highest BCUT2D eigenvalue weighted by molar-refractivity contribution is 6.30. The molecule has 1 unspecified atom stereocenters. The Morgan fingerprint density at radius 3 is 2.28 bits per heavy atom. The van der Waals surface area contributed by atoms with Crippen molar-refractivity contribution in [1.82, 2.24) is 15.5 Å². The van der Waals surface area contributed by atoms with Gasteiger partial charge in [0.25, 0.3) is 11.8 Å². The molecule has 0 bridgehead atoms. The van der Waals surface area contributed by atoms with Gasteiger partial charge in [-0.15, -0.1) is 0 Å². The highest BCUT2D eigenvalue weighted by Crippen LogP contribution is 2.42. The quantitative estimate of drug-likeness (QED) is 0.445. The van der Waals surface area contributed by atoms with Gasteiger partial charge in [0.2, 0.25) is 5.91 Å². The van der Waals surface area contributed by atoms with Gasteiger partial charge < -0.3 is 20.3 Å². The molecule has 8 nitrogen and oxygen atoms in total. The van der Waals surface area contributed by atoms with Gasteiger partial charge >= 0.3 is 5.97 Å². The maximum absolute atomic E-state index is 13.6. The number of carbonyl (C=O) groups excluding carboxylic acids is 4. The summed E-state index contributed by atoms with van der Waals surface area (Å²) in [6.45, 7) is 10.9. The van der Waals surface area contributed by atoms with E-state index in [9.17, 15) is 19.2 Å². The lowest BCUT2D eigenvalue weighted by Crippen LogP contribution is -2.55. The molecule has 3 amide bonds. The molecule has 2 aromatic carbocycles. The van der Waals surface area contributed by atoms with Gasteiger partial charge in [0.15, 0.2) is 0 Å². The average Bonchev–Trinajstić information content (AvgIpc) is 2.90. The molecule has 2 N–H and O–H groups in total. The molecule has 1 fully saturated rings. The van der Waals surface area contributed by atoms with Crippen molar-refractivity contribution in [2.75, 3.05) is 26.2 Å². The summed E-state index contributed by atoms with van der Waals surface area (Å²) in [4.78, 5) is 52.7. The zero-order chi connectivity index (χ0) is 28.7. The number of nitrogens with one attached hydrogen (secondary N) is 2. The zero-order valence-electron chi connectivity index (χ0n) is 23.3. The first-order chi connectivity index (χ1) is 18.4. The monoisotopic (exact) mass is 555 g/mol. The highest BCUT2D eigenvalue weighted by Gasteiger charge is 2.40. The molecule has 0 aromatic heterocycles. The van der Waals surface area contributed by atoms with Crippen molar-refractivity contribution in [3.63, 3.8) is 0 Å². The third kappa shape index (κ3) is 7.82. The van der Waals surface area contributed by atoms with E-state index in [0.717, 1.165) is 6.42 Å². The summed E-state index contributed by atoms with van der Waals surface area (Å²) >= 11 is 6.07. The van der Waals surface area contributed by atoms with E-state index < -0.39 is 23.8 Å². The van der Waals surface area contributed by atoms with E-state index in [4.69, 9.17) is 16.3 Å². The second kappa shape index (κ2) is 13.1. The van der Waals surface area contributed by atoms with Crippen LogP contribution in [0.25, 0.3) is 0 Å². The summed E-state index contributed by atoms with van der Waals surface area (Å²) in [7, 11) is 0. The van der Waals surface area contributed by atoms with E-state index in [0.29, 0.717) is 18.1 Å². The first-order valence-corrected chi connectivity index (χ1v) is 13.7. The van der Waals surface area contributed by atoms with Crippen LogP contribution in [0.3, 0.4) is 0 Å². The molecule has 1 aliphatic rings. The Morgan fingerprint density at radius 1 is 1.05 bits per heavy atom. The van der Waals surface area contributed by atoms with E-state index in [1.165, 1.54) is 11.6 Å². The Kier molecular flexibility index (Phi) is 10.1. The SMILES string of the molecule is CCOC(=O)CNC(=O)c1cccc(C(=O)N[C@@H](C(=O)N2CCC(c3ccc(Cl)cc3)C(C)(C)C2)C(C)C)c1. The first-order valence-electron chi connectivity index (χ1n) is 13.3. The second-order valence-electron chi connectivity index (χ2n) is 10.9. The third-order valence-electron chi connectivity index (χ3n) is 7.12. The van der Waals surface area contributed by atoms with Gasteiger partial charge in [-0.25, -0.2) is 0 Å². The number of carbonyl (C=O) groups is 4. The van der Waals surface area contributed by atoms with Crippen molar-refractivity contribution in [1.29, 1.82) is 0 Å². The zero-order valence-corrected chi connectivity index (χ0v) is 24.0. The van der Waals surface area contributed by atoms with Gasteiger partial charge in [0, 0.05) is 29.2 Å². The number of likely N-dealkylation sites (tertiary alicyclic amines) is 1. The molecule has 39 heavy (non-hydrogen) atoms. The molecule has 0 spiro atoms. The Balaban J connectivity index is 1.67. The van der Waals surface area contributed by atoms with Gasteiger partial charge in [-0.3, -0.25) is 19.2 Å². The molecule has 0 radical (unpaired) electrons. The summed E-state index contributed by atoms with van der Waals surface area (Å²) in [6.07, 6.45) is 0.808. The number of hydrogen-bond acceptors (Lipinski definition) is 5. The number of esters is 1. The predicted molar refractivity (Wildman–Crippen MR) is 151 cm³/mol. The standard InChI is InChI=1S/C30H38ClN3O5/c1-6-39-25(35)17-32-27(36)21-8-7-9-22(16-21)28(37)33-26(19(2)3)29(38)34-15-14-24(30(4,5)18-34)20-10-12-23(31)13-11-20/h7-13,16,19,24,26H,6,14-15,17-18H2,1-5H3,(H,32,36)(H,33,37)/t24?,26-/m1/s1. The summed E-state index contributed by atoms with van der Waals surface area (Å²) in [5.41, 5.74) is 1.51. The molecular formula is C30H38ClN3O5. The molecule has 2 atom stereocenters. The smallest absolute Gasteiger partial charge is 0.325 e. The maximum Gasteiger partial charge on any atom is 0.325 e. The number of hydrogen-bond donors (Lipinski definition) is 2. The Bertz CT molecular complexity index is 1200. The highest BCUT2D eigenvalue weighted by atomic mass is 35.5. The van der Waals surface area contributed by atoms with Crippen LogP contribution in [-0.4, -0.2) is 60.9 Å². The second-order valence-corrected chi connectivity index (χ2v) is 11.3. The number of piperidine rings is 1. The third-order valence-corrected chi connectivity index (χ3v) is 7.37. The van der Waals surface area contributed by atoms with Gasteiger partial charge in [-0.05, 0) is 66.5 Å². The molecule has 0 saturated carbocycles. The van der Waals surface area contributed by atoms with Crippen LogP contribution in [0.1, 0.15) is 73.2 Å². The topological polar surface area (TPSA) is 105 Å². The van der Waals surface area contributed by atoms with Crippen molar-refractivity contribution in [2.24, 2.45) is 11.3 Å². The van der Waals surface area contributed by atoms with Gasteiger partial charge in [-0.1, -0.05) is 57.5 Å². The van der Waals surface area contributed by atoms with E-state index in [1.54, 1.807) is 25.1 Å². The van der Waals surface area contributed by atoms with Crippen molar-refractivity contribution >= 4 is 35.3 Å². The summed E-state index contributed by atoms with van der Waals surface area (Å²) < 4.78 is 4.82. The summed E-state index contributed by atoms with van der Waals surface area (Å²) in [6, 6.07) is 13.3. The van der Waals surface area contributed by atoms with Crippen LogP contribution in [0.4, 0.5) is 0 Å². The lowest BCUT2D eigenvalue weighted by atomic mass is 9.70. The number of halogens is 1. The van der Waals surface area contributed by atoms with E-state index in [2.05, 4.69) is 36.6 Å². The molecule has 1 saturated heterocycles. The molecule has 9 heteroatoms. The molecule has 1 heterocycles. The van der Waals surface area contributed by atoms with Crippen molar-refractivity contribution in [2.45, 2.75) is 53.0 Å². The van der Waals surface area contributed by atoms with E-state index in [1.807, 2.05) is 30.9 Å². The van der Waals surface area contributed by atoms with Crippen LogP contribution in [0.2, 0.25) is 5.02 Å². The number of benzene rings is 2. The molecule has 210 valence electrons. The minimum atomic E-state index is -0.721. The number of ether oxygens (including phenoxy) is 1. The van der Waals surface area contributed by atoms with Crippen molar-refractivity contribution in [3.8, 4) is 0 Å². The summed E-state index contributed by atoms with van der Waals surface area (Å²) in [5.74, 6) is -1.47. The Morgan fingerprint density at radius 2 is 1.69 bits per heavy atom. The minimum Gasteiger partial charge on any atom is -0.465 e. The van der Waals surface area contributed by atoms with Crippen molar-refractivity contribution in [3.05, 3.63) is 70.2 Å². The number of amides is 3. The van der Waals surface area contributed by atoms with Crippen LogP contribution in [-0.2, 0) is 14.3 Å². The molecule has 2 aromatic rings. The first kappa shape index (κ1) is 30.2. The van der Waals surface area contributed by atoms with Crippen LogP contribution in [0.15, 0.2) is 48.5 Å². The fourth-order valence-electron chi connectivity index (χ4n) is 5.06. The predicted octanol–water partition coefficient (Wildman–Crippen LogP) is 4.43. The van der Waals surface area contributed by atoms with Gasteiger partial charge in [0.05, 0.1) is 6.61 Å². The molecule has 0 aliphatic carbocycles. The number of nitrogens with zero attached hydrogens (tertiary/aromatic N) is 1. The van der Waals surface area contributed by atoms with Gasteiger partial charge in [0.1, 0.15) is 12.6 Å². The van der Waals surface area contributed by atoms with E-state index >= 15 is 0 Å². The Hall–Kier alpha value is -3.39. The van der Waals surface area contributed by atoms with Crippen molar-refractivity contribution < 1.29 is 23.9 Å². The fourth-order valence-corrected chi connectivity index (χ4v) is 5.19. The lowest BCUT2D eigenvalue weighted by molar-refractivity contribution is -0.141. The fraction of sp³-hybridized carbons (Fsp3) is 0.467. The average molecular weight is 556 g/mol. The van der Waals surface area contributed by atoms with E-state index in [-0.39, 0.29) is 47.4 Å². The minimum absolute atomic E-state index is 0.121. The van der Waals surface area contributed by atoms with Crippen LogP contribution < -0.4 is 10.6 Å². The van der Waals surface area contributed by atoms with Crippen LogP contribution in [0, 0.1) is 11.3 Å². The largest absolute Gasteiger partial charge is 0.465 e. The maximum atomic E-state index is 13.6. The lowest BCUT2D eigenvalue weighted by Gasteiger charge is -2.45. The van der Waals surface area contributed by atoms with Crippen LogP contribution >= 0.6 is 11.6 Å². The van der Waals surface area contributed by atoms with Gasteiger partial charge in [-0.2, -0.15) is 0 Å². The Labute approximate surface area is 235 Å². The molecule has 3 rings (SSSR count).